The van der Waals surface area contributed by atoms with E-state index in [1.54, 1.807) is 7.05 Å². The molecule has 2 aromatic heterocycles. The Labute approximate surface area is 122 Å². The van der Waals surface area contributed by atoms with Gasteiger partial charge in [0.15, 0.2) is 11.2 Å². The minimum Gasteiger partial charge on any atom is -0.328 e. The molecule has 0 fully saturated rings. The highest BCUT2D eigenvalue weighted by molar-refractivity contribution is 5.75. The zero-order valence-corrected chi connectivity index (χ0v) is 11.0. The third kappa shape index (κ3) is 2.43. The summed E-state index contributed by atoms with van der Waals surface area (Å²) in [7, 11) is 1.56. The fourth-order valence-electron chi connectivity index (χ4n) is 2.03. The standard InChI is InChI=1S/C13H18N4O3/c1-9(18)6-4-5-7-17-12(19)10-11(14-8-15(10)2)16(3)13(17)20/h8H,4-7H2,1-3H3/i1D3,3D2. The number of nitrogens with zero attached hydrogens (tertiary/aromatic N) is 4. The van der Waals surface area contributed by atoms with Gasteiger partial charge in [-0.05, 0) is 19.7 Å². The highest BCUT2D eigenvalue weighted by Gasteiger charge is 2.14. The smallest absolute Gasteiger partial charge is 0.328 e. The normalized spacial score (nSPS) is 15.6. The van der Waals surface area contributed by atoms with Crippen LogP contribution in [0.3, 0.4) is 0 Å². The molecule has 0 saturated heterocycles. The number of ketones is 1. The van der Waals surface area contributed by atoms with Gasteiger partial charge in [-0.1, -0.05) is 0 Å². The predicted molar refractivity (Wildman–Crippen MR) is 74.7 cm³/mol. The lowest BCUT2D eigenvalue weighted by Crippen LogP contribution is -2.39. The van der Waals surface area contributed by atoms with Gasteiger partial charge in [0.05, 0.1) is 6.33 Å². The number of imidazole rings is 1. The summed E-state index contributed by atoms with van der Waals surface area (Å²) >= 11 is 0. The summed E-state index contributed by atoms with van der Waals surface area (Å²) in [6.45, 7) is -4.37. The van der Waals surface area contributed by atoms with Gasteiger partial charge < -0.3 is 9.36 Å². The van der Waals surface area contributed by atoms with Crippen molar-refractivity contribution < 1.29 is 11.6 Å². The van der Waals surface area contributed by atoms with Gasteiger partial charge in [-0.15, -0.1) is 0 Å². The Morgan fingerprint density at radius 3 is 2.90 bits per heavy atom. The molecule has 0 N–H and O–H groups in total. The van der Waals surface area contributed by atoms with Gasteiger partial charge in [-0.2, -0.15) is 0 Å². The van der Waals surface area contributed by atoms with Gasteiger partial charge in [0.2, 0.25) is 0 Å². The van der Waals surface area contributed by atoms with Crippen LogP contribution in [0.25, 0.3) is 11.2 Å². The molecule has 0 aliphatic heterocycles. The van der Waals surface area contributed by atoms with Gasteiger partial charge in [-0.25, -0.2) is 9.78 Å². The summed E-state index contributed by atoms with van der Waals surface area (Å²) in [6, 6.07) is 0. The highest BCUT2D eigenvalue weighted by Crippen LogP contribution is 2.04. The van der Waals surface area contributed by atoms with Crippen molar-refractivity contribution in [2.75, 3.05) is 0 Å². The molecule has 0 spiro atoms. The fraction of sp³-hybridized carbons (Fsp3) is 0.538. The minimum atomic E-state index is -2.65. The van der Waals surface area contributed by atoms with E-state index in [9.17, 15) is 14.4 Å². The van der Waals surface area contributed by atoms with Crippen molar-refractivity contribution >= 4 is 16.9 Å². The SMILES string of the molecule is [2H]C([2H])n1c(=O)n(CCCCC(=O)C([2H])([2H])[2H])c(=O)c2c1ncn2C. The van der Waals surface area contributed by atoms with E-state index >= 15 is 0 Å². The third-order valence-electron chi connectivity index (χ3n) is 3.07. The van der Waals surface area contributed by atoms with Crippen molar-refractivity contribution in [2.45, 2.75) is 32.7 Å². The maximum atomic E-state index is 12.5. The van der Waals surface area contributed by atoms with Crippen LogP contribution in [0, 0.1) is 0 Å². The van der Waals surface area contributed by atoms with Crippen molar-refractivity contribution in [3.63, 3.8) is 0 Å². The zero-order chi connectivity index (χ0) is 18.9. The lowest BCUT2D eigenvalue weighted by atomic mass is 10.2. The van der Waals surface area contributed by atoms with E-state index in [0.29, 0.717) is 0 Å². The lowest BCUT2D eigenvalue weighted by molar-refractivity contribution is -0.117. The number of aromatic nitrogens is 4. The van der Waals surface area contributed by atoms with Crippen LogP contribution in [-0.2, 0) is 25.4 Å². The number of carbonyl (C=O) groups is 1. The molecule has 2 heterocycles. The molecule has 0 radical (unpaired) electrons. The first-order chi connectivity index (χ1) is 11.6. The van der Waals surface area contributed by atoms with Crippen LogP contribution in [0.5, 0.6) is 0 Å². The van der Waals surface area contributed by atoms with Crippen molar-refractivity contribution in [3.8, 4) is 0 Å². The van der Waals surface area contributed by atoms with Crippen LogP contribution < -0.4 is 11.2 Å². The van der Waals surface area contributed by atoms with E-state index in [1.807, 2.05) is 0 Å². The van der Waals surface area contributed by atoms with Crippen LogP contribution in [-0.4, -0.2) is 24.5 Å². The molecule has 2 aromatic rings. The molecule has 20 heavy (non-hydrogen) atoms. The summed E-state index contributed by atoms with van der Waals surface area (Å²) in [5, 5.41) is 0. The fourth-order valence-corrected chi connectivity index (χ4v) is 2.03. The number of hydrogen-bond donors (Lipinski definition) is 0. The molecule has 0 unspecified atom stereocenters. The molecule has 0 atom stereocenters. The number of Topliss-reactive ketones (excluding diaryl/α,β-unsaturated/α-hetero) is 1. The Kier molecular flexibility index (Phi) is 2.42. The molecule has 2 rings (SSSR count). The number of fused-ring (bicyclic) bond motifs is 1. The monoisotopic (exact) mass is 283 g/mol. The first-order valence-electron chi connectivity index (χ1n) is 8.75. The maximum Gasteiger partial charge on any atom is 0.332 e. The summed E-state index contributed by atoms with van der Waals surface area (Å²) in [6.07, 6.45) is 1.59. The molecule has 0 amide bonds. The number of unbranched alkanes of at least 4 members (excludes halogenated alkanes) is 1. The summed E-state index contributed by atoms with van der Waals surface area (Å²) in [5.74, 6) is -0.864. The first-order valence-corrected chi connectivity index (χ1v) is 6.10. The Morgan fingerprint density at radius 1 is 1.40 bits per heavy atom. The Balaban J connectivity index is 2.30. The second-order valence-corrected chi connectivity index (χ2v) is 4.52. The molecular formula is C13H18N4O3. The number of aryl methyl sites for hydroxylation is 2. The van der Waals surface area contributed by atoms with E-state index in [4.69, 9.17) is 6.85 Å². The molecule has 7 heteroatoms. The summed E-state index contributed by atoms with van der Waals surface area (Å²) in [4.78, 5) is 40.2. The number of carbonyl (C=O) groups excluding carboxylic acids is 1. The van der Waals surface area contributed by atoms with Crippen molar-refractivity contribution in [1.29, 1.82) is 0 Å². The van der Waals surface area contributed by atoms with Gasteiger partial charge in [0.1, 0.15) is 5.78 Å². The quantitative estimate of drug-likeness (QED) is 0.734. The Morgan fingerprint density at radius 2 is 2.20 bits per heavy atom. The van der Waals surface area contributed by atoms with Crippen LogP contribution in [0.1, 0.15) is 33.0 Å². The minimum absolute atomic E-state index is 0.0265. The molecule has 0 aromatic carbocycles. The van der Waals surface area contributed by atoms with Crippen LogP contribution in [0.15, 0.2) is 15.9 Å². The second-order valence-electron chi connectivity index (χ2n) is 4.52. The Hall–Kier alpha value is -2.18. The van der Waals surface area contributed by atoms with Crippen LogP contribution in [0.2, 0.25) is 0 Å². The molecule has 108 valence electrons. The van der Waals surface area contributed by atoms with E-state index in [1.165, 1.54) is 10.9 Å². The zero-order valence-electron chi connectivity index (χ0n) is 16.0. The molecule has 0 saturated carbocycles. The average molecular weight is 283 g/mol. The van der Waals surface area contributed by atoms with Crippen LogP contribution >= 0.6 is 0 Å². The second kappa shape index (κ2) is 5.44. The van der Waals surface area contributed by atoms with E-state index in [0.717, 1.165) is 9.13 Å². The third-order valence-corrected chi connectivity index (χ3v) is 3.07. The predicted octanol–water partition coefficient (Wildman–Crippen LogP) is 0.193. The van der Waals surface area contributed by atoms with Crippen molar-refractivity contribution in [2.24, 2.45) is 14.0 Å². The number of rotatable bonds is 5. The topological polar surface area (TPSA) is 78.9 Å². The summed E-state index contributed by atoms with van der Waals surface area (Å²) in [5.41, 5.74) is -1.35. The molecule has 0 aliphatic rings. The van der Waals surface area contributed by atoms with Gasteiger partial charge in [0, 0.05) is 33.9 Å². The average Bonchev–Trinajstić information content (AvgIpc) is 2.86. The van der Waals surface area contributed by atoms with E-state index in [-0.39, 0.29) is 37.0 Å². The van der Waals surface area contributed by atoms with Crippen molar-refractivity contribution in [3.05, 3.63) is 27.2 Å². The van der Waals surface area contributed by atoms with Gasteiger partial charge >= 0.3 is 5.69 Å². The van der Waals surface area contributed by atoms with E-state index < -0.39 is 30.9 Å². The van der Waals surface area contributed by atoms with Crippen molar-refractivity contribution in [1.82, 2.24) is 18.7 Å². The molecule has 0 aliphatic carbocycles. The largest absolute Gasteiger partial charge is 0.332 e. The van der Waals surface area contributed by atoms with E-state index in [2.05, 4.69) is 4.98 Å². The van der Waals surface area contributed by atoms with Crippen LogP contribution in [0.4, 0.5) is 0 Å². The molecule has 7 nitrogen and oxygen atoms in total. The molecule has 0 bridgehead atoms. The Bertz CT molecular complexity index is 909. The highest BCUT2D eigenvalue weighted by atomic mass is 16.2. The van der Waals surface area contributed by atoms with Gasteiger partial charge in [-0.3, -0.25) is 13.9 Å². The molecular weight excluding hydrogens is 260 g/mol. The van der Waals surface area contributed by atoms with Gasteiger partial charge in [0.25, 0.3) is 5.56 Å². The maximum absolute atomic E-state index is 12.5. The summed E-state index contributed by atoms with van der Waals surface area (Å²) < 4.78 is 39.1. The lowest BCUT2D eigenvalue weighted by Gasteiger charge is -2.08. The first kappa shape index (κ1) is 8.89. The number of hydrogen-bond acceptors (Lipinski definition) is 4.